The van der Waals surface area contributed by atoms with E-state index in [1.807, 2.05) is 0 Å². The van der Waals surface area contributed by atoms with Crippen LogP contribution in [0, 0.1) is 16.0 Å². The summed E-state index contributed by atoms with van der Waals surface area (Å²) in [7, 11) is 0. The van der Waals surface area contributed by atoms with E-state index >= 15 is 0 Å². The Morgan fingerprint density at radius 2 is 1.91 bits per heavy atom. The first-order valence-corrected chi connectivity index (χ1v) is 10.7. The van der Waals surface area contributed by atoms with Gasteiger partial charge in [0.25, 0.3) is 0 Å². The summed E-state index contributed by atoms with van der Waals surface area (Å²) in [5.74, 6) is -1.01. The number of carbonyl (C=O) groups excluding carboxylic acids is 1. The summed E-state index contributed by atoms with van der Waals surface area (Å²) in [6.45, 7) is 0. The van der Waals surface area contributed by atoms with Gasteiger partial charge in [0.2, 0.25) is 11.7 Å². The number of ether oxygens (including phenoxy) is 1. The van der Waals surface area contributed by atoms with Crippen LogP contribution in [-0.4, -0.2) is 21.9 Å². The third-order valence-corrected chi connectivity index (χ3v) is 5.62. The molecule has 2 aromatic carbocycles. The van der Waals surface area contributed by atoms with Gasteiger partial charge in [-0.15, -0.1) is 0 Å². The molecule has 1 aliphatic carbocycles. The van der Waals surface area contributed by atoms with E-state index in [0.29, 0.717) is 10.9 Å². The summed E-state index contributed by atoms with van der Waals surface area (Å²) in [5, 5.41) is 23.7. The van der Waals surface area contributed by atoms with Gasteiger partial charge in [0.05, 0.1) is 9.95 Å². The molecule has 2 aromatic rings. The molecule has 1 aliphatic rings. The maximum absolute atomic E-state index is 12.2. The summed E-state index contributed by atoms with van der Waals surface area (Å²) in [4.78, 5) is 34.7. The van der Waals surface area contributed by atoms with Crippen LogP contribution in [-0.2, 0) is 9.59 Å². The lowest BCUT2D eigenvalue weighted by Gasteiger charge is -2.10. The average molecular weight is 459 g/mol. The van der Waals surface area contributed by atoms with Gasteiger partial charge in [0.1, 0.15) is 11.4 Å². The van der Waals surface area contributed by atoms with Crippen molar-refractivity contribution in [3.8, 4) is 11.5 Å². The molecule has 0 heterocycles. The van der Waals surface area contributed by atoms with Gasteiger partial charge in [0.15, 0.2) is 0 Å². The number of nitrogens with one attached hydrogen (secondary N) is 1. The first-order chi connectivity index (χ1) is 15.3. The maximum Gasteiger partial charge on any atom is 0.352 e. The van der Waals surface area contributed by atoms with Crippen LogP contribution in [0.2, 0.25) is 5.02 Å². The van der Waals surface area contributed by atoms with Crippen LogP contribution in [0.25, 0.3) is 6.08 Å². The fraction of sp³-hybridized carbons (Fsp3) is 0.304. The highest BCUT2D eigenvalue weighted by molar-refractivity contribution is 6.32. The number of aliphatic carboxylic acids is 1. The molecule has 2 N–H and O–H groups in total. The van der Waals surface area contributed by atoms with E-state index in [-0.39, 0.29) is 34.9 Å². The number of hydrogen-bond donors (Lipinski definition) is 2. The normalized spacial score (nSPS) is 14.2. The lowest BCUT2D eigenvalue weighted by atomic mass is 10.0. The molecule has 0 unspecified atom stereocenters. The lowest BCUT2D eigenvalue weighted by Crippen LogP contribution is -2.27. The Kier molecular flexibility index (Phi) is 7.83. The number of hydrogen-bond acceptors (Lipinski definition) is 5. The molecule has 1 saturated carbocycles. The second-order valence-electron chi connectivity index (χ2n) is 7.62. The Morgan fingerprint density at radius 1 is 1.19 bits per heavy atom. The summed E-state index contributed by atoms with van der Waals surface area (Å²) in [5.41, 5.74) is -0.483. The molecule has 0 saturated heterocycles. The number of benzene rings is 2. The Balaban J connectivity index is 1.77. The fourth-order valence-electron chi connectivity index (χ4n) is 3.66. The van der Waals surface area contributed by atoms with Crippen LogP contribution in [0.3, 0.4) is 0 Å². The number of rotatable bonds is 9. The van der Waals surface area contributed by atoms with Crippen molar-refractivity contribution < 1.29 is 24.4 Å². The van der Waals surface area contributed by atoms with Crippen LogP contribution in [0.5, 0.6) is 11.5 Å². The Morgan fingerprint density at radius 3 is 2.56 bits per heavy atom. The number of carbonyl (C=O) groups is 2. The van der Waals surface area contributed by atoms with Crippen LogP contribution in [0.4, 0.5) is 5.69 Å². The molecular weight excluding hydrogens is 436 g/mol. The largest absolute Gasteiger partial charge is 0.477 e. The van der Waals surface area contributed by atoms with E-state index in [1.165, 1.54) is 37.1 Å². The number of para-hydroxylation sites is 1. The van der Waals surface area contributed by atoms with Gasteiger partial charge in [-0.2, -0.15) is 0 Å². The Labute approximate surface area is 190 Å². The standard InChI is InChI=1S/C23H23ClN2O6/c24-17-7-3-4-8-20(17)32-21-11-9-16(14-19(21)26(30)31)13-18(23(28)29)25-22(27)12-10-15-5-1-2-6-15/h3-4,7-9,11,13-15H,1-2,5-6,10,12H2,(H,25,27)(H,28,29)/b18-13-. The van der Waals surface area contributed by atoms with Gasteiger partial charge < -0.3 is 15.2 Å². The SMILES string of the molecule is O=C(CCC1CCCC1)N/C(=C\c1ccc(Oc2ccccc2Cl)c([N+](=O)[O-])c1)C(=O)O. The molecule has 9 heteroatoms. The quantitative estimate of drug-likeness (QED) is 0.289. The van der Waals surface area contributed by atoms with Crippen molar-refractivity contribution in [1.82, 2.24) is 5.32 Å². The highest BCUT2D eigenvalue weighted by atomic mass is 35.5. The Hall–Kier alpha value is -3.39. The molecule has 0 aromatic heterocycles. The molecule has 0 aliphatic heterocycles. The molecule has 0 bridgehead atoms. The fourth-order valence-corrected chi connectivity index (χ4v) is 3.84. The lowest BCUT2D eigenvalue weighted by molar-refractivity contribution is -0.385. The zero-order valence-electron chi connectivity index (χ0n) is 17.3. The highest BCUT2D eigenvalue weighted by Gasteiger charge is 2.20. The second-order valence-corrected chi connectivity index (χ2v) is 8.02. The molecular formula is C23H23ClN2O6. The van der Waals surface area contributed by atoms with Gasteiger partial charge in [-0.25, -0.2) is 4.79 Å². The van der Waals surface area contributed by atoms with Crippen LogP contribution >= 0.6 is 11.6 Å². The van der Waals surface area contributed by atoms with E-state index in [4.69, 9.17) is 16.3 Å². The van der Waals surface area contributed by atoms with Crippen molar-refractivity contribution in [1.29, 1.82) is 0 Å². The number of nitro benzene ring substituents is 1. The van der Waals surface area contributed by atoms with E-state index in [1.54, 1.807) is 24.3 Å². The van der Waals surface area contributed by atoms with E-state index < -0.39 is 16.8 Å². The smallest absolute Gasteiger partial charge is 0.352 e. The number of nitro groups is 1. The third-order valence-electron chi connectivity index (χ3n) is 5.31. The average Bonchev–Trinajstić information content (AvgIpc) is 3.28. The molecule has 0 atom stereocenters. The highest BCUT2D eigenvalue weighted by Crippen LogP contribution is 2.35. The number of amides is 1. The van der Waals surface area contributed by atoms with Crippen molar-refractivity contribution >= 4 is 35.2 Å². The summed E-state index contributed by atoms with van der Waals surface area (Å²) in [6.07, 6.45) is 6.67. The summed E-state index contributed by atoms with van der Waals surface area (Å²) >= 11 is 6.05. The second kappa shape index (κ2) is 10.8. The molecule has 0 spiro atoms. The predicted octanol–water partition coefficient (Wildman–Crippen LogP) is 5.55. The summed E-state index contributed by atoms with van der Waals surface area (Å²) < 4.78 is 5.57. The van der Waals surface area contributed by atoms with E-state index in [9.17, 15) is 24.8 Å². The van der Waals surface area contributed by atoms with Crippen molar-refractivity contribution in [2.45, 2.75) is 38.5 Å². The molecule has 1 amide bonds. The van der Waals surface area contributed by atoms with Gasteiger partial charge in [-0.05, 0) is 42.2 Å². The van der Waals surface area contributed by atoms with Crippen molar-refractivity contribution in [2.24, 2.45) is 5.92 Å². The zero-order chi connectivity index (χ0) is 23.1. The minimum Gasteiger partial charge on any atom is -0.477 e. The van der Waals surface area contributed by atoms with Crippen molar-refractivity contribution in [3.05, 3.63) is 68.9 Å². The first kappa shape index (κ1) is 23.3. The van der Waals surface area contributed by atoms with Crippen molar-refractivity contribution in [3.63, 3.8) is 0 Å². The molecule has 0 radical (unpaired) electrons. The monoisotopic (exact) mass is 458 g/mol. The molecule has 8 nitrogen and oxygen atoms in total. The minimum atomic E-state index is -1.33. The molecule has 168 valence electrons. The zero-order valence-corrected chi connectivity index (χ0v) is 18.0. The number of nitrogens with zero attached hydrogens (tertiary/aromatic N) is 1. The van der Waals surface area contributed by atoms with Gasteiger partial charge in [-0.3, -0.25) is 14.9 Å². The van der Waals surface area contributed by atoms with Gasteiger partial charge in [0, 0.05) is 12.5 Å². The van der Waals surface area contributed by atoms with Crippen LogP contribution in [0.1, 0.15) is 44.1 Å². The summed E-state index contributed by atoms with van der Waals surface area (Å²) in [6, 6.07) is 10.5. The van der Waals surface area contributed by atoms with E-state index in [2.05, 4.69) is 5.32 Å². The van der Waals surface area contributed by atoms with Gasteiger partial charge >= 0.3 is 11.7 Å². The number of carboxylic acid groups (broad SMARTS) is 1. The van der Waals surface area contributed by atoms with Gasteiger partial charge in [-0.1, -0.05) is 55.5 Å². The van der Waals surface area contributed by atoms with E-state index in [0.717, 1.165) is 19.3 Å². The van der Waals surface area contributed by atoms with Crippen molar-refractivity contribution in [2.75, 3.05) is 0 Å². The number of carboxylic acids is 1. The molecule has 32 heavy (non-hydrogen) atoms. The topological polar surface area (TPSA) is 119 Å². The first-order valence-electron chi connectivity index (χ1n) is 10.3. The number of halogens is 1. The maximum atomic E-state index is 12.2. The Bertz CT molecular complexity index is 1050. The van der Waals surface area contributed by atoms with Crippen LogP contribution < -0.4 is 10.1 Å². The third kappa shape index (κ3) is 6.31. The molecule has 1 fully saturated rings. The van der Waals surface area contributed by atoms with Crippen LogP contribution in [0.15, 0.2) is 48.2 Å². The minimum absolute atomic E-state index is 0.0438. The molecule has 3 rings (SSSR count). The predicted molar refractivity (Wildman–Crippen MR) is 120 cm³/mol.